The van der Waals surface area contributed by atoms with Gasteiger partial charge in [0.05, 0.1) is 14.5 Å². The minimum Gasteiger partial charge on any atom is -0.506 e. The fraction of sp³-hybridized carbons (Fsp3) is 0.474. The second kappa shape index (κ2) is 17.1. The van der Waals surface area contributed by atoms with Crippen molar-refractivity contribution in [2.24, 2.45) is 11.7 Å². The number of rotatable bonds is 10. The first kappa shape index (κ1) is 38.8. The highest BCUT2D eigenvalue weighted by Gasteiger charge is 2.44. The number of hydrogen-bond acceptors (Lipinski definition) is 9. The van der Waals surface area contributed by atoms with E-state index in [1.54, 1.807) is 46.3 Å². The number of urea groups is 1. The highest BCUT2D eigenvalue weighted by molar-refractivity contribution is 9.11. The van der Waals surface area contributed by atoms with Crippen molar-refractivity contribution in [1.82, 2.24) is 39.5 Å². The van der Waals surface area contributed by atoms with Crippen molar-refractivity contribution in [1.29, 1.82) is 0 Å². The quantitative estimate of drug-likeness (QED) is 0.185. The molecule has 0 spiro atoms. The summed E-state index contributed by atoms with van der Waals surface area (Å²) in [7, 11) is 0. The Morgan fingerprint density at radius 3 is 2.24 bits per heavy atom. The van der Waals surface area contributed by atoms with E-state index >= 15 is 4.79 Å². The fourth-order valence-corrected chi connectivity index (χ4v) is 9.58. The molecule has 6 heterocycles. The number of imidazole rings is 1. The summed E-state index contributed by atoms with van der Waals surface area (Å²) < 4.78 is 2.54. The number of nitrogens with zero attached hydrogens (tertiary/aromatic N) is 7. The van der Waals surface area contributed by atoms with Crippen molar-refractivity contribution in [3.05, 3.63) is 80.0 Å². The number of halogens is 2. The van der Waals surface area contributed by atoms with Crippen LogP contribution in [0.2, 0.25) is 0 Å². The van der Waals surface area contributed by atoms with Crippen molar-refractivity contribution in [2.75, 3.05) is 57.3 Å². The number of piperidine rings is 2. The normalized spacial score (nSPS) is 18.3. The number of piperazine rings is 1. The smallest absolute Gasteiger partial charge is 0.327 e. The molecule has 0 aliphatic carbocycles. The molecule has 3 fully saturated rings. The monoisotopic (exact) mass is 880 g/mol. The standard InChI is InChI=1S/C38H46Br2N10O5/c39-28-20-25(21-29(40)33(28)51)23-31(34(41)52)50(38(55)48-14-7-27(8-15-48)49-30-2-1-9-44-35(30)45-37(49)54)32(22-24-3-10-42-11-4-24)36(53)47-18-16-46(17-19-47)26-5-12-43-13-6-26/h1-2,5-6,9,12-13,20-21,24,27,31-32,42,51H,3-4,7-8,10-11,14-19,22-23H2,(H2,41,52)(H,44,45,54)/t31-,32-/m1/s1. The number of H-pyrrole nitrogens is 1. The van der Waals surface area contributed by atoms with Crippen LogP contribution < -0.4 is 21.6 Å². The number of hydrogen-bond donors (Lipinski definition) is 4. The van der Waals surface area contributed by atoms with E-state index < -0.39 is 24.0 Å². The fourth-order valence-electron chi connectivity index (χ4n) is 8.30. The summed E-state index contributed by atoms with van der Waals surface area (Å²) in [6.45, 7) is 4.32. The van der Waals surface area contributed by atoms with E-state index in [1.165, 1.54) is 4.90 Å². The van der Waals surface area contributed by atoms with Gasteiger partial charge in [0.2, 0.25) is 11.8 Å². The zero-order chi connectivity index (χ0) is 38.6. The van der Waals surface area contributed by atoms with Crippen LogP contribution in [-0.2, 0) is 16.0 Å². The number of aromatic nitrogens is 4. The van der Waals surface area contributed by atoms with Gasteiger partial charge in [-0.1, -0.05) is 0 Å². The SMILES string of the molecule is NC(=O)[C@@H](Cc1cc(Br)c(O)c(Br)c1)N(C(=O)N1CCC(n2c(=O)[nH]c3ncccc32)CC1)[C@H](CC1CCNCC1)C(=O)N1CCN(c2ccncc2)CC1. The molecule has 3 aromatic heterocycles. The Bertz CT molecular complexity index is 2030. The lowest BCUT2D eigenvalue weighted by Gasteiger charge is -2.45. The minimum absolute atomic E-state index is 0.00476. The van der Waals surface area contributed by atoms with Gasteiger partial charge in [0.25, 0.3) is 0 Å². The summed E-state index contributed by atoms with van der Waals surface area (Å²) >= 11 is 6.79. The third-order valence-electron chi connectivity index (χ3n) is 11.2. The van der Waals surface area contributed by atoms with Gasteiger partial charge in [0.15, 0.2) is 5.65 Å². The third-order valence-corrected chi connectivity index (χ3v) is 12.4. The number of likely N-dealkylation sites (tertiary alicyclic amines) is 1. The Kier molecular flexibility index (Phi) is 12.1. The van der Waals surface area contributed by atoms with Gasteiger partial charge in [-0.15, -0.1) is 0 Å². The minimum atomic E-state index is -1.18. The van der Waals surface area contributed by atoms with Crippen molar-refractivity contribution in [2.45, 2.75) is 56.7 Å². The molecule has 4 amide bonds. The molecule has 292 valence electrons. The summed E-state index contributed by atoms with van der Waals surface area (Å²) in [5.41, 5.74) is 8.86. The molecule has 0 saturated carbocycles. The molecule has 1 aromatic carbocycles. The number of carbonyl (C=O) groups is 3. The molecule has 0 radical (unpaired) electrons. The number of phenols is 1. The molecule has 5 N–H and O–H groups in total. The lowest BCUT2D eigenvalue weighted by atomic mass is 9.88. The van der Waals surface area contributed by atoms with Gasteiger partial charge < -0.3 is 35.8 Å². The van der Waals surface area contributed by atoms with Gasteiger partial charge in [-0.25, -0.2) is 14.6 Å². The number of nitrogens with one attached hydrogen (secondary N) is 2. The van der Waals surface area contributed by atoms with Crippen LogP contribution in [0.15, 0.2) is 68.7 Å². The Morgan fingerprint density at radius 2 is 1.58 bits per heavy atom. The zero-order valence-corrected chi connectivity index (χ0v) is 33.6. The first-order valence-corrected chi connectivity index (χ1v) is 20.4. The van der Waals surface area contributed by atoms with Gasteiger partial charge in [-0.3, -0.25) is 24.1 Å². The zero-order valence-electron chi connectivity index (χ0n) is 30.4. The maximum absolute atomic E-state index is 15.1. The number of amides is 4. The second-order valence-electron chi connectivity index (χ2n) is 14.6. The molecule has 55 heavy (non-hydrogen) atoms. The second-order valence-corrected chi connectivity index (χ2v) is 16.3. The van der Waals surface area contributed by atoms with Crippen molar-refractivity contribution in [3.63, 3.8) is 0 Å². The number of carbonyl (C=O) groups excluding carboxylic acids is 3. The largest absolute Gasteiger partial charge is 0.506 e. The molecule has 4 aromatic rings. The number of nitrogens with two attached hydrogens (primary N) is 1. The number of anilines is 1. The number of aromatic amines is 1. The van der Waals surface area contributed by atoms with Crippen LogP contribution in [0, 0.1) is 5.92 Å². The Morgan fingerprint density at radius 1 is 0.909 bits per heavy atom. The predicted octanol–water partition coefficient (Wildman–Crippen LogP) is 3.61. The number of phenolic OH excluding ortho intramolecular Hbond substituents is 1. The van der Waals surface area contributed by atoms with Crippen LogP contribution in [0.5, 0.6) is 5.75 Å². The predicted molar refractivity (Wildman–Crippen MR) is 215 cm³/mol. The average Bonchev–Trinajstić information content (AvgIpc) is 3.55. The molecule has 3 aliphatic rings. The maximum atomic E-state index is 15.1. The van der Waals surface area contributed by atoms with Gasteiger partial charge in [0, 0.05) is 76.0 Å². The molecule has 17 heteroatoms. The number of fused-ring (bicyclic) bond motifs is 1. The molecule has 15 nitrogen and oxygen atoms in total. The summed E-state index contributed by atoms with van der Waals surface area (Å²) in [4.78, 5) is 75.2. The maximum Gasteiger partial charge on any atom is 0.327 e. The first-order valence-electron chi connectivity index (χ1n) is 18.8. The molecule has 0 bridgehead atoms. The van der Waals surface area contributed by atoms with E-state index in [0.717, 1.165) is 31.6 Å². The Hall–Kier alpha value is -4.48. The summed E-state index contributed by atoms with van der Waals surface area (Å²) in [5, 5.41) is 13.8. The highest BCUT2D eigenvalue weighted by atomic mass is 79.9. The van der Waals surface area contributed by atoms with Crippen LogP contribution in [0.4, 0.5) is 10.5 Å². The van der Waals surface area contributed by atoms with Gasteiger partial charge >= 0.3 is 11.7 Å². The summed E-state index contributed by atoms with van der Waals surface area (Å²) in [6.07, 6.45) is 8.19. The lowest BCUT2D eigenvalue weighted by Crippen LogP contribution is -2.64. The van der Waals surface area contributed by atoms with E-state index in [0.29, 0.717) is 84.2 Å². The van der Waals surface area contributed by atoms with E-state index in [-0.39, 0.29) is 35.7 Å². The summed E-state index contributed by atoms with van der Waals surface area (Å²) in [6, 6.07) is 8.18. The molecule has 7 rings (SSSR count). The Balaban J connectivity index is 1.21. The van der Waals surface area contributed by atoms with E-state index in [2.05, 4.69) is 57.0 Å². The van der Waals surface area contributed by atoms with Crippen LogP contribution >= 0.6 is 31.9 Å². The van der Waals surface area contributed by atoms with Crippen LogP contribution in [0.1, 0.15) is 43.7 Å². The lowest BCUT2D eigenvalue weighted by molar-refractivity contribution is -0.139. The van der Waals surface area contributed by atoms with E-state index in [4.69, 9.17) is 5.73 Å². The van der Waals surface area contributed by atoms with Crippen molar-refractivity contribution < 1.29 is 19.5 Å². The van der Waals surface area contributed by atoms with Crippen molar-refractivity contribution in [3.8, 4) is 5.75 Å². The molecular weight excluding hydrogens is 836 g/mol. The number of primary amides is 1. The summed E-state index contributed by atoms with van der Waals surface area (Å²) in [5.74, 6) is -0.785. The molecule has 3 saturated heterocycles. The van der Waals surface area contributed by atoms with Gasteiger partial charge in [-0.2, -0.15) is 0 Å². The third kappa shape index (κ3) is 8.53. The number of aromatic hydroxyl groups is 1. The van der Waals surface area contributed by atoms with Crippen molar-refractivity contribution >= 4 is 66.6 Å². The number of benzene rings is 1. The average molecular weight is 883 g/mol. The van der Waals surface area contributed by atoms with Gasteiger partial charge in [0.1, 0.15) is 17.8 Å². The van der Waals surface area contributed by atoms with Crippen LogP contribution in [0.25, 0.3) is 11.2 Å². The molecule has 0 unspecified atom stereocenters. The molecule has 3 aliphatic heterocycles. The highest BCUT2D eigenvalue weighted by Crippen LogP contribution is 2.35. The van der Waals surface area contributed by atoms with E-state index in [9.17, 15) is 19.5 Å². The Labute approximate surface area is 335 Å². The molecular formula is C38H46Br2N10O5. The molecule has 2 atom stereocenters. The van der Waals surface area contributed by atoms with Crippen LogP contribution in [-0.4, -0.2) is 122 Å². The number of pyridine rings is 2. The van der Waals surface area contributed by atoms with Gasteiger partial charge in [-0.05, 0) is 125 Å². The topological polar surface area (TPSA) is 186 Å². The van der Waals surface area contributed by atoms with E-state index in [1.807, 2.05) is 23.1 Å². The van der Waals surface area contributed by atoms with Crippen LogP contribution in [0.3, 0.4) is 0 Å². The first-order chi connectivity index (χ1) is 26.6.